The van der Waals surface area contributed by atoms with Crippen molar-refractivity contribution in [2.75, 3.05) is 14.2 Å². The van der Waals surface area contributed by atoms with E-state index in [-0.39, 0.29) is 17.9 Å². The Morgan fingerprint density at radius 1 is 0.850 bits per heavy atom. The lowest BCUT2D eigenvalue weighted by Gasteiger charge is -2.34. The van der Waals surface area contributed by atoms with E-state index < -0.39 is 70.8 Å². The van der Waals surface area contributed by atoms with Gasteiger partial charge >= 0.3 is 11.9 Å². The second-order valence-electron chi connectivity index (χ2n) is 17.9. The van der Waals surface area contributed by atoms with Gasteiger partial charge in [-0.2, -0.15) is 0 Å². The average molecular weight is 827 g/mol. The smallest absolute Gasteiger partial charge is 0.329 e. The third-order valence-corrected chi connectivity index (χ3v) is 11.0. The molecule has 3 N–H and O–H groups in total. The topological polar surface area (TPSA) is 171 Å². The van der Waals surface area contributed by atoms with Gasteiger partial charge in [0.25, 0.3) is 0 Å². The summed E-state index contributed by atoms with van der Waals surface area (Å²) in [6.07, 6.45) is 6.28. The molecular weight excluding hydrogens is 765 g/mol. The molecule has 0 bridgehead atoms. The zero-order chi connectivity index (χ0) is 43.8. The largest absolute Gasteiger partial charge is 0.497 e. The zero-order valence-corrected chi connectivity index (χ0v) is 36.5. The highest BCUT2D eigenvalue weighted by atomic mass is 16.6. The molecule has 2 aliphatic carbocycles. The molecule has 3 amide bonds. The second kappa shape index (κ2) is 19.7. The predicted octanol–water partition coefficient (Wildman–Crippen LogP) is 7.00. The maximum atomic E-state index is 14.6. The van der Waals surface area contributed by atoms with Gasteiger partial charge in [-0.25, -0.2) is 14.6 Å². The normalized spacial score (nSPS) is 18.6. The lowest BCUT2D eigenvalue weighted by atomic mass is 9.82. The van der Waals surface area contributed by atoms with Crippen molar-refractivity contribution in [1.29, 1.82) is 0 Å². The second-order valence-corrected chi connectivity index (χ2v) is 17.9. The molecule has 1 saturated carbocycles. The first-order valence-electron chi connectivity index (χ1n) is 21.1. The molecule has 324 valence electrons. The van der Waals surface area contributed by atoms with Gasteiger partial charge in [0.05, 0.1) is 31.3 Å². The van der Waals surface area contributed by atoms with Crippen LogP contribution in [0.1, 0.15) is 99.8 Å². The minimum atomic E-state index is -1.10. The number of hydrogen-bond donors (Lipinski definition) is 3. The first kappa shape index (κ1) is 45.6. The first-order valence-corrected chi connectivity index (χ1v) is 21.1. The summed E-state index contributed by atoms with van der Waals surface area (Å²) in [5, 5.41) is 9.39. The minimum Gasteiger partial charge on any atom is -0.497 e. The van der Waals surface area contributed by atoms with E-state index in [0.717, 1.165) is 37.7 Å². The average Bonchev–Trinajstić information content (AvgIpc) is 3.64. The lowest BCUT2D eigenvalue weighted by molar-refractivity contribution is -0.159. The number of nitrogens with one attached hydrogen (secondary N) is 3. The Morgan fingerprint density at radius 2 is 1.55 bits per heavy atom. The van der Waals surface area contributed by atoms with Crippen LogP contribution in [0.25, 0.3) is 22.2 Å². The molecule has 1 heterocycles. The van der Waals surface area contributed by atoms with Crippen LogP contribution in [-0.4, -0.2) is 78.7 Å². The number of amides is 3. The van der Waals surface area contributed by atoms with E-state index in [1.807, 2.05) is 76.2 Å². The number of pyridine rings is 1. The Hall–Kier alpha value is -5.46. The number of fused-ring (bicyclic) bond motifs is 1. The Bertz CT molecular complexity index is 2050. The van der Waals surface area contributed by atoms with Crippen molar-refractivity contribution in [3.8, 4) is 22.8 Å². The van der Waals surface area contributed by atoms with Crippen LogP contribution in [0, 0.1) is 17.3 Å². The molecule has 0 unspecified atom stereocenters. The standard InChI is InChI=1S/C47H62N4O9/c1-10-17-35(44(55)60-47(5,6)7)49-41(52)33-24-31(59-38-27-36(28-18-13-11-14-19-28)48-37-26-30(57-8)22-23-32(37)38)25-34(33)42(53)51-40(46(2,3)4)43(54)50-39(45(56)58-9)29-20-15-12-16-21-29/h11,13-14,18-19,22-23,25-27,29,31,33,35,39-40H,10,12,15-17,20-21,24H2,1-9H3,(H,49,52)(H,50,54)(H,51,53)/t31-,33-,35+,39+,40+/m1/s1. The van der Waals surface area contributed by atoms with Crippen LogP contribution >= 0.6 is 0 Å². The molecule has 0 spiro atoms. The molecule has 13 nitrogen and oxygen atoms in total. The third kappa shape index (κ3) is 11.6. The van der Waals surface area contributed by atoms with Crippen molar-refractivity contribution in [3.63, 3.8) is 0 Å². The van der Waals surface area contributed by atoms with Gasteiger partial charge in [-0.1, -0.05) is 83.7 Å². The summed E-state index contributed by atoms with van der Waals surface area (Å²) in [7, 11) is 2.88. The molecule has 2 aromatic carbocycles. The summed E-state index contributed by atoms with van der Waals surface area (Å²) in [5.41, 5.74) is 0.620. The van der Waals surface area contributed by atoms with E-state index in [1.165, 1.54) is 7.11 Å². The van der Waals surface area contributed by atoms with Gasteiger partial charge in [0, 0.05) is 35.1 Å². The van der Waals surface area contributed by atoms with E-state index >= 15 is 0 Å². The molecular formula is C47H62N4O9. The highest BCUT2D eigenvalue weighted by molar-refractivity contribution is 6.04. The molecule has 2 aliphatic rings. The predicted molar refractivity (Wildman–Crippen MR) is 229 cm³/mol. The number of esters is 2. The van der Waals surface area contributed by atoms with Crippen molar-refractivity contribution >= 4 is 40.6 Å². The Kier molecular flexibility index (Phi) is 15.0. The summed E-state index contributed by atoms with van der Waals surface area (Å²) >= 11 is 0. The summed E-state index contributed by atoms with van der Waals surface area (Å²) in [6, 6.07) is 14.0. The molecule has 60 heavy (non-hydrogen) atoms. The van der Waals surface area contributed by atoms with E-state index in [0.29, 0.717) is 40.9 Å². The van der Waals surface area contributed by atoms with Gasteiger partial charge in [-0.15, -0.1) is 0 Å². The molecule has 0 saturated heterocycles. The number of methoxy groups -OCH3 is 2. The number of ether oxygens (including phenoxy) is 4. The lowest BCUT2D eigenvalue weighted by Crippen LogP contribution is -2.58. The minimum absolute atomic E-state index is 0.0564. The van der Waals surface area contributed by atoms with E-state index in [1.54, 1.807) is 40.0 Å². The highest BCUT2D eigenvalue weighted by Gasteiger charge is 2.43. The Balaban J connectivity index is 1.50. The third-order valence-electron chi connectivity index (χ3n) is 11.0. The van der Waals surface area contributed by atoms with Gasteiger partial charge in [0.1, 0.15) is 41.3 Å². The van der Waals surface area contributed by atoms with Crippen LogP contribution in [0.2, 0.25) is 0 Å². The first-order chi connectivity index (χ1) is 28.4. The summed E-state index contributed by atoms with van der Waals surface area (Å²) in [5.74, 6) is -2.92. The van der Waals surface area contributed by atoms with E-state index in [9.17, 15) is 24.0 Å². The fourth-order valence-corrected chi connectivity index (χ4v) is 7.90. The van der Waals surface area contributed by atoms with Crippen LogP contribution in [0.4, 0.5) is 0 Å². The number of aromatic nitrogens is 1. The summed E-state index contributed by atoms with van der Waals surface area (Å²) in [6.45, 7) is 12.6. The van der Waals surface area contributed by atoms with Crippen molar-refractivity contribution in [3.05, 3.63) is 66.2 Å². The molecule has 3 aromatic rings. The maximum absolute atomic E-state index is 14.6. The van der Waals surface area contributed by atoms with Gasteiger partial charge in [-0.3, -0.25) is 14.4 Å². The molecule has 0 aliphatic heterocycles. The molecule has 5 rings (SSSR count). The molecule has 1 fully saturated rings. The fourth-order valence-electron chi connectivity index (χ4n) is 7.90. The fraction of sp³-hybridized carbons (Fsp3) is 0.532. The van der Waals surface area contributed by atoms with Crippen molar-refractivity contribution in [1.82, 2.24) is 20.9 Å². The number of carbonyl (C=O) groups excluding carboxylic acids is 5. The monoisotopic (exact) mass is 826 g/mol. The molecule has 13 heteroatoms. The van der Waals surface area contributed by atoms with Gasteiger partial charge in [-0.05, 0) is 69.6 Å². The SMILES string of the molecule is CCC[C@H](NC(=O)[C@@H]1C[C@@H](Oc2cc(-c3ccccc3)nc3cc(OC)ccc23)C=C1C(=O)N[C@@H](C(=O)N[C@H](C(=O)OC)C1CCCCC1)C(C)(C)C)C(=O)OC(C)(C)C. The Labute approximate surface area is 353 Å². The van der Waals surface area contributed by atoms with Gasteiger partial charge in [0.2, 0.25) is 17.7 Å². The van der Waals surface area contributed by atoms with Crippen LogP contribution in [0.3, 0.4) is 0 Å². The number of rotatable bonds is 15. The zero-order valence-electron chi connectivity index (χ0n) is 36.5. The van der Waals surface area contributed by atoms with E-state index in [4.69, 9.17) is 23.9 Å². The van der Waals surface area contributed by atoms with Crippen LogP contribution in [-0.2, 0) is 33.4 Å². The quantitative estimate of drug-likeness (QED) is 0.136. The maximum Gasteiger partial charge on any atom is 0.329 e. The Morgan fingerprint density at radius 3 is 2.17 bits per heavy atom. The van der Waals surface area contributed by atoms with Crippen molar-refractivity contribution < 1.29 is 42.9 Å². The molecule has 1 aromatic heterocycles. The van der Waals surface area contributed by atoms with Crippen LogP contribution in [0.5, 0.6) is 11.5 Å². The van der Waals surface area contributed by atoms with Crippen LogP contribution in [0.15, 0.2) is 66.2 Å². The summed E-state index contributed by atoms with van der Waals surface area (Å²) < 4.78 is 22.9. The van der Waals surface area contributed by atoms with Crippen molar-refractivity contribution in [2.45, 2.75) is 130 Å². The highest BCUT2D eigenvalue weighted by Crippen LogP contribution is 2.37. The van der Waals surface area contributed by atoms with Crippen molar-refractivity contribution in [2.24, 2.45) is 17.3 Å². The number of carbonyl (C=O) groups is 5. The van der Waals surface area contributed by atoms with Crippen LogP contribution < -0.4 is 25.4 Å². The van der Waals surface area contributed by atoms with E-state index in [2.05, 4.69) is 16.0 Å². The molecule has 0 radical (unpaired) electrons. The number of nitrogens with zero attached hydrogens (tertiary/aromatic N) is 1. The summed E-state index contributed by atoms with van der Waals surface area (Å²) in [4.78, 5) is 74.2. The van der Waals surface area contributed by atoms with Gasteiger partial charge < -0.3 is 34.9 Å². The van der Waals surface area contributed by atoms with Gasteiger partial charge in [0.15, 0.2) is 0 Å². The number of benzene rings is 2. The number of hydrogen-bond acceptors (Lipinski definition) is 10. The molecule has 5 atom stereocenters.